The van der Waals surface area contributed by atoms with Gasteiger partial charge in [0.05, 0.1) is 40.3 Å². The van der Waals surface area contributed by atoms with Gasteiger partial charge in [-0.05, 0) is 46.9 Å². The smallest absolute Gasteiger partial charge is 0.338 e. The number of methoxy groups -OCH3 is 4. The van der Waals surface area contributed by atoms with Crippen LogP contribution in [0.15, 0.2) is 42.5 Å². The zero-order valence-electron chi connectivity index (χ0n) is 23.4. The predicted molar refractivity (Wildman–Crippen MR) is 153 cm³/mol. The molecule has 3 aromatic rings. The number of benzene rings is 2. The molecule has 10 heteroatoms. The van der Waals surface area contributed by atoms with Crippen molar-refractivity contribution in [1.29, 1.82) is 0 Å². The first-order valence-corrected chi connectivity index (χ1v) is 13.9. The Hall–Kier alpha value is -4.05. The topological polar surface area (TPSA) is 113 Å². The summed E-state index contributed by atoms with van der Waals surface area (Å²) >= 11 is 0. The third-order valence-electron chi connectivity index (χ3n) is 5.88. The van der Waals surface area contributed by atoms with Crippen LogP contribution in [-0.2, 0) is 20.2 Å². The molecule has 39 heavy (non-hydrogen) atoms. The zero-order valence-corrected chi connectivity index (χ0v) is 24.2. The highest BCUT2D eigenvalue weighted by atomic mass is 32.2. The Morgan fingerprint density at radius 1 is 0.897 bits per heavy atom. The van der Waals surface area contributed by atoms with Crippen LogP contribution in [-0.4, -0.2) is 54.1 Å². The maximum Gasteiger partial charge on any atom is 0.338 e. The molecule has 0 atom stereocenters. The summed E-state index contributed by atoms with van der Waals surface area (Å²) in [7, 11) is 2.45. The first kappa shape index (κ1) is 29.5. The van der Waals surface area contributed by atoms with Crippen molar-refractivity contribution in [3.63, 3.8) is 0 Å². The van der Waals surface area contributed by atoms with Crippen molar-refractivity contribution < 1.29 is 32.2 Å². The maximum absolute atomic E-state index is 12.5. The SMILES string of the molecule is COC(=O)c1cc(NS(C)(=O)=O)ccc1/C=C/c1cc(-c2ccc(OC)nc2OC)cc(C(C)(C)C)c1OC. The standard InChI is InChI=1S/C29H34N2O7S/c1-29(2,3)24-16-20(22-13-14-25(35-4)30-27(22)37-6)15-19(26(24)36-5)10-9-18-11-12-21(31-39(8,33)34)17-23(18)28(32)38-7/h9-17,31H,1-8H3/b10-9+. The summed E-state index contributed by atoms with van der Waals surface area (Å²) in [6.45, 7) is 6.28. The molecule has 1 heterocycles. The number of anilines is 1. The fourth-order valence-electron chi connectivity index (χ4n) is 4.07. The lowest BCUT2D eigenvalue weighted by atomic mass is 9.83. The van der Waals surface area contributed by atoms with Crippen molar-refractivity contribution in [1.82, 2.24) is 4.98 Å². The summed E-state index contributed by atoms with van der Waals surface area (Å²) in [6.07, 6.45) is 4.64. The number of nitrogens with zero attached hydrogens (tertiary/aromatic N) is 1. The van der Waals surface area contributed by atoms with Gasteiger partial charge in [0, 0.05) is 28.4 Å². The fraction of sp³-hybridized carbons (Fsp3) is 0.310. The third-order valence-corrected chi connectivity index (χ3v) is 6.49. The molecule has 1 N–H and O–H groups in total. The van der Waals surface area contributed by atoms with Crippen molar-refractivity contribution in [3.8, 4) is 28.6 Å². The van der Waals surface area contributed by atoms with Gasteiger partial charge in [0.25, 0.3) is 0 Å². The van der Waals surface area contributed by atoms with Gasteiger partial charge in [0.2, 0.25) is 21.8 Å². The van der Waals surface area contributed by atoms with E-state index >= 15 is 0 Å². The van der Waals surface area contributed by atoms with Gasteiger partial charge >= 0.3 is 5.97 Å². The lowest BCUT2D eigenvalue weighted by molar-refractivity contribution is 0.0600. The van der Waals surface area contributed by atoms with Gasteiger partial charge < -0.3 is 18.9 Å². The molecule has 1 aromatic heterocycles. The van der Waals surface area contributed by atoms with Crippen LogP contribution in [0.3, 0.4) is 0 Å². The largest absolute Gasteiger partial charge is 0.496 e. The number of hydrogen-bond donors (Lipinski definition) is 1. The lowest BCUT2D eigenvalue weighted by Gasteiger charge is -2.25. The van der Waals surface area contributed by atoms with E-state index < -0.39 is 16.0 Å². The predicted octanol–water partition coefficient (Wildman–Crippen LogP) is 5.40. The molecule has 0 radical (unpaired) electrons. The molecule has 0 aliphatic heterocycles. The summed E-state index contributed by atoms with van der Waals surface area (Å²) in [5, 5.41) is 0. The number of carbonyl (C=O) groups excluding carboxylic acids is 1. The van der Waals surface area contributed by atoms with E-state index in [2.05, 4.69) is 30.5 Å². The number of rotatable bonds is 9. The van der Waals surface area contributed by atoms with Crippen molar-refractivity contribution >= 4 is 33.8 Å². The number of hydrogen-bond acceptors (Lipinski definition) is 8. The molecule has 0 fully saturated rings. The van der Waals surface area contributed by atoms with E-state index in [1.165, 1.54) is 13.2 Å². The van der Waals surface area contributed by atoms with Crippen LogP contribution < -0.4 is 18.9 Å². The van der Waals surface area contributed by atoms with Crippen LogP contribution in [0.4, 0.5) is 5.69 Å². The van der Waals surface area contributed by atoms with E-state index in [1.807, 2.05) is 24.3 Å². The molecule has 0 unspecified atom stereocenters. The second-order valence-electron chi connectivity index (χ2n) is 9.81. The van der Waals surface area contributed by atoms with E-state index in [1.54, 1.807) is 45.6 Å². The summed E-state index contributed by atoms with van der Waals surface area (Å²) in [4.78, 5) is 17.0. The number of esters is 1. The third kappa shape index (κ3) is 7.08. The van der Waals surface area contributed by atoms with E-state index in [4.69, 9.17) is 18.9 Å². The minimum atomic E-state index is -3.52. The zero-order chi connectivity index (χ0) is 29.0. The number of carbonyl (C=O) groups is 1. The number of aromatic nitrogens is 1. The first-order chi connectivity index (χ1) is 18.3. The molecule has 0 saturated heterocycles. The highest BCUT2D eigenvalue weighted by molar-refractivity contribution is 7.92. The summed E-state index contributed by atoms with van der Waals surface area (Å²) in [5.74, 6) is 0.926. The summed E-state index contributed by atoms with van der Waals surface area (Å²) < 4.78 is 47.4. The van der Waals surface area contributed by atoms with Crippen molar-refractivity contribution in [2.24, 2.45) is 0 Å². The van der Waals surface area contributed by atoms with Gasteiger partial charge in [-0.2, -0.15) is 4.98 Å². The van der Waals surface area contributed by atoms with Crippen LogP contribution in [0, 0.1) is 0 Å². The molecule has 0 spiro atoms. The van der Waals surface area contributed by atoms with E-state index in [0.29, 0.717) is 23.1 Å². The van der Waals surface area contributed by atoms with Crippen LogP contribution in [0.1, 0.15) is 47.8 Å². The molecule has 0 aliphatic carbocycles. The number of sulfonamides is 1. The maximum atomic E-state index is 12.5. The Morgan fingerprint density at radius 3 is 2.15 bits per heavy atom. The number of ether oxygens (including phenoxy) is 4. The monoisotopic (exact) mass is 554 g/mol. The molecule has 0 bridgehead atoms. The second-order valence-corrected chi connectivity index (χ2v) is 11.6. The molecule has 9 nitrogen and oxygen atoms in total. The fourth-order valence-corrected chi connectivity index (χ4v) is 4.63. The minimum Gasteiger partial charge on any atom is -0.496 e. The molecule has 0 amide bonds. The molecule has 0 aliphatic rings. The second kappa shape index (κ2) is 11.8. The Kier molecular flexibility index (Phi) is 8.91. The number of pyridine rings is 1. The molecular weight excluding hydrogens is 520 g/mol. The molecular formula is C29H34N2O7S. The molecule has 208 valence electrons. The average molecular weight is 555 g/mol. The number of nitrogens with one attached hydrogen (secondary N) is 1. The van der Waals surface area contributed by atoms with E-state index in [-0.39, 0.29) is 16.7 Å². The Bertz CT molecular complexity index is 1510. The highest BCUT2D eigenvalue weighted by Crippen LogP contribution is 2.41. The van der Waals surface area contributed by atoms with Crippen molar-refractivity contribution in [2.45, 2.75) is 26.2 Å². The summed E-state index contributed by atoms with van der Waals surface area (Å²) in [5.41, 5.74) is 4.06. The van der Waals surface area contributed by atoms with Gasteiger partial charge in [-0.3, -0.25) is 4.72 Å². The Morgan fingerprint density at radius 2 is 1.59 bits per heavy atom. The van der Waals surface area contributed by atoms with Crippen LogP contribution in [0.25, 0.3) is 23.3 Å². The first-order valence-electron chi connectivity index (χ1n) is 12.0. The van der Waals surface area contributed by atoms with Gasteiger partial charge in [0.1, 0.15) is 5.75 Å². The Balaban J connectivity index is 2.22. The van der Waals surface area contributed by atoms with Gasteiger partial charge in [0.15, 0.2) is 0 Å². The Labute approximate surface area is 229 Å². The molecule has 3 rings (SSSR count). The van der Waals surface area contributed by atoms with Crippen molar-refractivity contribution in [3.05, 3.63) is 64.7 Å². The minimum absolute atomic E-state index is 0.203. The van der Waals surface area contributed by atoms with Crippen LogP contribution in [0.5, 0.6) is 17.5 Å². The van der Waals surface area contributed by atoms with Gasteiger partial charge in [-0.15, -0.1) is 0 Å². The summed E-state index contributed by atoms with van der Waals surface area (Å²) in [6, 6.07) is 12.3. The van der Waals surface area contributed by atoms with Gasteiger partial charge in [-0.1, -0.05) is 39.0 Å². The van der Waals surface area contributed by atoms with Crippen LogP contribution >= 0.6 is 0 Å². The quantitative estimate of drug-likeness (QED) is 0.276. The van der Waals surface area contributed by atoms with E-state index in [0.717, 1.165) is 28.5 Å². The van der Waals surface area contributed by atoms with Gasteiger partial charge in [-0.25, -0.2) is 13.2 Å². The van der Waals surface area contributed by atoms with E-state index in [9.17, 15) is 13.2 Å². The highest BCUT2D eigenvalue weighted by Gasteiger charge is 2.23. The van der Waals surface area contributed by atoms with Crippen molar-refractivity contribution in [2.75, 3.05) is 39.4 Å². The average Bonchev–Trinajstić information content (AvgIpc) is 2.89. The van der Waals surface area contributed by atoms with Crippen LogP contribution in [0.2, 0.25) is 0 Å². The molecule has 2 aromatic carbocycles. The lowest BCUT2D eigenvalue weighted by Crippen LogP contribution is -2.14. The molecule has 0 saturated carbocycles. The normalized spacial score (nSPS) is 11.8.